The Morgan fingerprint density at radius 2 is 2.19 bits per heavy atom. The van der Waals surface area contributed by atoms with Gasteiger partial charge >= 0.3 is 6.03 Å². The number of hydrogen-bond donors (Lipinski definition) is 1. The van der Waals surface area contributed by atoms with E-state index < -0.39 is 5.92 Å². The number of benzene rings is 1. The Hall–Kier alpha value is -2.84. The number of likely N-dealkylation sites (tertiary alicyclic amines) is 1. The van der Waals surface area contributed by atoms with Crippen LogP contribution >= 0.6 is 0 Å². The number of nitrogens with one attached hydrogen (secondary N) is 1. The average molecular weight is 376 g/mol. The highest BCUT2D eigenvalue weighted by atomic mass is 19.3. The molecule has 1 unspecified atom stereocenters. The van der Waals surface area contributed by atoms with E-state index in [0.29, 0.717) is 19.5 Å². The lowest BCUT2D eigenvalue weighted by molar-refractivity contribution is 0.0174. The molecule has 2 aromatic rings. The molecule has 0 radical (unpaired) electrons. The molecule has 1 aliphatic heterocycles. The first-order valence-electron chi connectivity index (χ1n) is 8.71. The summed E-state index contributed by atoms with van der Waals surface area (Å²) >= 11 is 0. The van der Waals surface area contributed by atoms with Crippen LogP contribution in [0.2, 0.25) is 0 Å². The summed E-state index contributed by atoms with van der Waals surface area (Å²) in [4.78, 5) is 14.1. The van der Waals surface area contributed by atoms with Gasteiger partial charge in [-0.3, -0.25) is 5.32 Å². The van der Waals surface area contributed by atoms with Crippen LogP contribution in [0.25, 0.3) is 6.08 Å². The molecule has 3 rings (SSSR count). The van der Waals surface area contributed by atoms with Gasteiger partial charge in [0.1, 0.15) is 0 Å². The number of rotatable bonds is 3. The van der Waals surface area contributed by atoms with E-state index in [-0.39, 0.29) is 23.5 Å². The molecular formula is C18H22F2N6O. The number of urea groups is 1. The molecule has 1 N–H and O–H groups in total. The predicted octanol–water partition coefficient (Wildman–Crippen LogP) is 3.28. The van der Waals surface area contributed by atoms with Crippen molar-refractivity contribution in [2.24, 2.45) is 13.0 Å². The molecular weight excluding hydrogens is 354 g/mol. The quantitative estimate of drug-likeness (QED) is 0.892. The number of hydrogen-bond acceptors (Lipinski definition) is 4. The number of aryl methyl sites for hydroxylation is 1. The van der Waals surface area contributed by atoms with Crippen LogP contribution in [0.15, 0.2) is 29.8 Å². The lowest BCUT2D eigenvalue weighted by Crippen LogP contribution is -2.42. The maximum absolute atomic E-state index is 13.5. The van der Waals surface area contributed by atoms with Gasteiger partial charge in [0.05, 0.1) is 0 Å². The number of amides is 2. The van der Waals surface area contributed by atoms with Crippen LogP contribution in [0.1, 0.15) is 31.4 Å². The highest BCUT2D eigenvalue weighted by Gasteiger charge is 2.26. The molecule has 1 saturated heterocycles. The van der Waals surface area contributed by atoms with E-state index in [1.165, 1.54) is 16.8 Å². The van der Waals surface area contributed by atoms with Gasteiger partial charge < -0.3 is 4.90 Å². The number of piperidine rings is 1. The summed E-state index contributed by atoms with van der Waals surface area (Å²) < 4.78 is 28.4. The van der Waals surface area contributed by atoms with Crippen LogP contribution in [0, 0.1) is 5.92 Å². The van der Waals surface area contributed by atoms with Gasteiger partial charge in [-0.2, -0.15) is 0 Å². The molecule has 2 heterocycles. The van der Waals surface area contributed by atoms with Crippen molar-refractivity contribution < 1.29 is 13.6 Å². The van der Waals surface area contributed by atoms with E-state index in [9.17, 15) is 13.6 Å². The third-order valence-electron chi connectivity index (χ3n) is 4.67. The van der Waals surface area contributed by atoms with Crippen molar-refractivity contribution in [3.05, 3.63) is 41.0 Å². The van der Waals surface area contributed by atoms with Gasteiger partial charge in [-0.1, -0.05) is 41.9 Å². The van der Waals surface area contributed by atoms with Gasteiger partial charge in [-0.05, 0) is 34.4 Å². The second-order valence-corrected chi connectivity index (χ2v) is 6.89. The Kier molecular flexibility index (Phi) is 5.20. The van der Waals surface area contributed by atoms with Crippen molar-refractivity contribution in [2.45, 2.75) is 26.2 Å². The molecule has 0 spiro atoms. The minimum absolute atomic E-state index is 0.00129. The van der Waals surface area contributed by atoms with Crippen LogP contribution in [0.5, 0.6) is 0 Å². The Labute approximate surface area is 156 Å². The zero-order chi connectivity index (χ0) is 19.6. The van der Waals surface area contributed by atoms with Crippen molar-refractivity contribution in [1.82, 2.24) is 25.1 Å². The standard InChI is InChI=1S/C18H22F2N6O/c1-12-11-26(17(27)21-16-22-23-24-25(16)3)8-7-14(12)9-13-5-4-6-15(10-13)18(2,19)20/h4-6,9-10,12H,7-8,11H2,1-3H3,(H,21,22,24,27). The molecule has 1 aromatic carbocycles. The summed E-state index contributed by atoms with van der Waals surface area (Å²) in [6, 6.07) is 6.14. The summed E-state index contributed by atoms with van der Waals surface area (Å²) in [5.74, 6) is -2.46. The number of anilines is 1. The number of tetrazole rings is 1. The molecule has 144 valence electrons. The van der Waals surface area contributed by atoms with Gasteiger partial charge in [0.2, 0.25) is 0 Å². The van der Waals surface area contributed by atoms with Gasteiger partial charge in [0.25, 0.3) is 11.9 Å². The molecule has 9 heteroatoms. The molecule has 1 aromatic heterocycles. The third kappa shape index (κ3) is 4.47. The Morgan fingerprint density at radius 1 is 1.41 bits per heavy atom. The highest BCUT2D eigenvalue weighted by Crippen LogP contribution is 2.29. The van der Waals surface area contributed by atoms with Crippen molar-refractivity contribution in [1.29, 1.82) is 0 Å². The van der Waals surface area contributed by atoms with Gasteiger partial charge in [-0.15, -0.1) is 0 Å². The first kappa shape index (κ1) is 18.9. The number of carbonyl (C=O) groups is 1. The Morgan fingerprint density at radius 3 is 2.81 bits per heavy atom. The second kappa shape index (κ2) is 7.42. The van der Waals surface area contributed by atoms with Crippen LogP contribution in [0.4, 0.5) is 19.5 Å². The van der Waals surface area contributed by atoms with Crippen molar-refractivity contribution in [3.8, 4) is 0 Å². The zero-order valence-corrected chi connectivity index (χ0v) is 15.5. The summed E-state index contributed by atoms with van der Waals surface area (Å²) in [5, 5.41) is 13.6. The number of carbonyl (C=O) groups excluding carboxylic acids is 1. The Bertz CT molecular complexity index is 858. The minimum atomic E-state index is -2.86. The largest absolute Gasteiger partial charge is 0.324 e. The van der Waals surface area contributed by atoms with Crippen LogP contribution in [-0.2, 0) is 13.0 Å². The summed E-state index contributed by atoms with van der Waals surface area (Å²) in [5.41, 5.74) is 1.88. The lowest BCUT2D eigenvalue weighted by atomic mass is 9.91. The van der Waals surface area contributed by atoms with Crippen LogP contribution in [0.3, 0.4) is 0 Å². The van der Waals surface area contributed by atoms with Crippen molar-refractivity contribution in [2.75, 3.05) is 18.4 Å². The predicted molar refractivity (Wildman–Crippen MR) is 97.2 cm³/mol. The fraction of sp³-hybridized carbons (Fsp3) is 0.444. The molecule has 2 amide bonds. The number of aromatic nitrogens is 4. The summed E-state index contributed by atoms with van der Waals surface area (Å²) in [6.07, 6.45) is 2.63. The molecule has 27 heavy (non-hydrogen) atoms. The molecule has 1 atom stereocenters. The number of nitrogens with zero attached hydrogens (tertiary/aromatic N) is 5. The normalized spacial score (nSPS) is 19.4. The average Bonchev–Trinajstić information content (AvgIpc) is 3.01. The number of halogens is 2. The summed E-state index contributed by atoms with van der Waals surface area (Å²) in [6.45, 7) is 3.99. The van der Waals surface area contributed by atoms with E-state index in [1.807, 2.05) is 19.1 Å². The molecule has 1 aliphatic rings. The van der Waals surface area contributed by atoms with Crippen LogP contribution in [-0.4, -0.2) is 44.2 Å². The maximum atomic E-state index is 13.5. The molecule has 0 saturated carbocycles. The fourth-order valence-corrected chi connectivity index (χ4v) is 3.07. The minimum Gasteiger partial charge on any atom is -0.324 e. The van der Waals surface area contributed by atoms with E-state index in [4.69, 9.17) is 0 Å². The summed E-state index contributed by atoms with van der Waals surface area (Å²) in [7, 11) is 1.64. The van der Waals surface area contributed by atoms with Crippen molar-refractivity contribution >= 4 is 18.1 Å². The Balaban J connectivity index is 1.67. The van der Waals surface area contributed by atoms with E-state index >= 15 is 0 Å². The van der Waals surface area contributed by atoms with E-state index in [0.717, 1.165) is 18.1 Å². The topological polar surface area (TPSA) is 75.9 Å². The van der Waals surface area contributed by atoms with E-state index in [2.05, 4.69) is 20.8 Å². The molecule has 0 aliphatic carbocycles. The molecule has 7 nitrogen and oxygen atoms in total. The monoisotopic (exact) mass is 376 g/mol. The zero-order valence-electron chi connectivity index (χ0n) is 15.5. The maximum Gasteiger partial charge on any atom is 0.324 e. The van der Waals surface area contributed by atoms with Gasteiger partial charge in [0.15, 0.2) is 0 Å². The van der Waals surface area contributed by atoms with Gasteiger partial charge in [0, 0.05) is 32.6 Å². The smallest absolute Gasteiger partial charge is 0.324 e. The molecule has 0 bridgehead atoms. The van der Waals surface area contributed by atoms with Crippen molar-refractivity contribution in [3.63, 3.8) is 0 Å². The third-order valence-corrected chi connectivity index (χ3v) is 4.67. The highest BCUT2D eigenvalue weighted by molar-refractivity contribution is 5.87. The fourth-order valence-electron chi connectivity index (χ4n) is 3.07. The number of alkyl halides is 2. The van der Waals surface area contributed by atoms with E-state index in [1.54, 1.807) is 18.0 Å². The SMILES string of the molecule is CC1CN(C(=O)Nc2nnnn2C)CCC1=Cc1cccc(C(C)(F)F)c1. The first-order valence-corrected chi connectivity index (χ1v) is 8.71. The van der Waals surface area contributed by atoms with Gasteiger partial charge in [-0.25, -0.2) is 18.3 Å². The van der Waals surface area contributed by atoms with Crippen LogP contribution < -0.4 is 5.32 Å². The molecule has 1 fully saturated rings. The first-order chi connectivity index (χ1) is 12.7. The second-order valence-electron chi connectivity index (χ2n) is 6.89. The lowest BCUT2D eigenvalue weighted by Gasteiger charge is -2.33.